The number of amides is 4. The summed E-state index contributed by atoms with van der Waals surface area (Å²) in [5.41, 5.74) is 1.06. The van der Waals surface area contributed by atoms with Crippen molar-refractivity contribution in [3.05, 3.63) is 46.2 Å². The summed E-state index contributed by atoms with van der Waals surface area (Å²) < 4.78 is 31.7. The molecule has 2 heterocycles. The van der Waals surface area contributed by atoms with E-state index >= 15 is 0 Å². The first kappa shape index (κ1) is 24.2. The van der Waals surface area contributed by atoms with E-state index in [0.717, 1.165) is 21.8 Å². The van der Waals surface area contributed by atoms with E-state index in [-0.39, 0.29) is 28.5 Å². The molecule has 2 aromatic rings. The molecule has 0 aliphatic carbocycles. The Kier molecular flexibility index (Phi) is 7.33. The molecule has 0 bridgehead atoms. The van der Waals surface area contributed by atoms with Gasteiger partial charge in [0.05, 0.1) is 24.1 Å². The van der Waals surface area contributed by atoms with E-state index in [2.05, 4.69) is 15.4 Å². The number of urea groups is 1. The number of sulfonamides is 1. The van der Waals surface area contributed by atoms with Crippen molar-refractivity contribution in [3.63, 3.8) is 0 Å². The topological polar surface area (TPSA) is 151 Å². The number of rotatable bonds is 6. The van der Waals surface area contributed by atoms with Crippen molar-refractivity contribution < 1.29 is 32.3 Å². The second kappa shape index (κ2) is 10.0. The van der Waals surface area contributed by atoms with Crippen LogP contribution in [0, 0.1) is 6.92 Å². The number of ether oxygens (including phenoxy) is 1. The van der Waals surface area contributed by atoms with Crippen molar-refractivity contribution in [1.29, 1.82) is 0 Å². The molecule has 176 valence electrons. The number of piperazine rings is 1. The number of carbonyl (C=O) groups excluding carboxylic acids is 4. The van der Waals surface area contributed by atoms with Crippen LogP contribution in [0.4, 0.5) is 10.5 Å². The van der Waals surface area contributed by atoms with Gasteiger partial charge in [0.1, 0.15) is 10.9 Å². The first-order chi connectivity index (χ1) is 15.6. The normalized spacial score (nSPS) is 16.0. The molecule has 3 N–H and O–H groups in total. The number of aryl methyl sites for hydroxylation is 1. The van der Waals surface area contributed by atoms with Crippen LogP contribution in [0.3, 0.4) is 0 Å². The quantitative estimate of drug-likeness (QED) is 0.508. The van der Waals surface area contributed by atoms with Gasteiger partial charge in [-0.3, -0.25) is 9.59 Å². The Morgan fingerprint density at radius 2 is 1.91 bits per heavy atom. The van der Waals surface area contributed by atoms with Gasteiger partial charge >= 0.3 is 12.0 Å². The summed E-state index contributed by atoms with van der Waals surface area (Å²) in [4.78, 5) is 50.6. The third-order valence-corrected chi connectivity index (χ3v) is 7.06. The molecule has 1 unspecified atom stereocenters. The monoisotopic (exact) mass is 494 g/mol. The van der Waals surface area contributed by atoms with Crippen molar-refractivity contribution in [2.45, 2.75) is 24.3 Å². The maximum absolute atomic E-state index is 12.8. The first-order valence-corrected chi connectivity index (χ1v) is 12.1. The van der Waals surface area contributed by atoms with E-state index in [9.17, 15) is 27.6 Å². The smallest absolute Gasteiger partial charge is 0.350 e. The first-order valence-electron chi connectivity index (χ1n) is 9.76. The van der Waals surface area contributed by atoms with Crippen LogP contribution in [0.2, 0.25) is 0 Å². The fourth-order valence-corrected chi connectivity index (χ4v) is 4.87. The number of nitrogens with zero attached hydrogens (tertiary/aromatic N) is 1. The second-order valence-corrected chi connectivity index (χ2v) is 9.73. The zero-order valence-electron chi connectivity index (χ0n) is 17.8. The highest BCUT2D eigenvalue weighted by molar-refractivity contribution is 7.90. The van der Waals surface area contributed by atoms with Crippen LogP contribution in [0.25, 0.3) is 0 Å². The number of esters is 1. The molecule has 11 nitrogen and oxygen atoms in total. The van der Waals surface area contributed by atoms with Gasteiger partial charge in [-0.25, -0.2) is 22.7 Å². The third-order valence-electron chi connectivity index (χ3n) is 4.83. The number of benzene rings is 1. The number of thiophene rings is 1. The largest absolute Gasteiger partial charge is 0.465 e. The molecule has 1 aliphatic heterocycles. The van der Waals surface area contributed by atoms with Crippen molar-refractivity contribution >= 4 is 50.9 Å². The lowest BCUT2D eigenvalue weighted by Crippen LogP contribution is -2.60. The van der Waals surface area contributed by atoms with Crippen LogP contribution >= 0.6 is 11.3 Å². The van der Waals surface area contributed by atoms with E-state index < -0.39 is 46.3 Å². The van der Waals surface area contributed by atoms with E-state index in [1.807, 2.05) is 4.72 Å². The van der Waals surface area contributed by atoms with Gasteiger partial charge in [-0.2, -0.15) is 0 Å². The Morgan fingerprint density at radius 3 is 2.58 bits per heavy atom. The zero-order valence-corrected chi connectivity index (χ0v) is 19.4. The Balaban J connectivity index is 1.72. The number of hydrogen-bond acceptors (Lipinski definition) is 8. The number of carbonyl (C=O) groups is 4. The van der Waals surface area contributed by atoms with Crippen LogP contribution in [0.5, 0.6) is 0 Å². The lowest BCUT2D eigenvalue weighted by Gasteiger charge is -2.34. The maximum Gasteiger partial charge on any atom is 0.350 e. The summed E-state index contributed by atoms with van der Waals surface area (Å²) in [6.45, 7) is 1.90. The van der Waals surface area contributed by atoms with Crippen molar-refractivity contribution in [2.75, 3.05) is 25.5 Å². The number of nitrogens with one attached hydrogen (secondary N) is 3. The average Bonchev–Trinajstić information content (AvgIpc) is 3.22. The van der Waals surface area contributed by atoms with E-state index in [0.29, 0.717) is 0 Å². The van der Waals surface area contributed by atoms with Gasteiger partial charge in [-0.15, -0.1) is 11.3 Å². The number of anilines is 1. The molecule has 0 saturated carbocycles. The van der Waals surface area contributed by atoms with E-state index in [1.54, 1.807) is 24.4 Å². The van der Waals surface area contributed by atoms with Crippen molar-refractivity contribution in [1.82, 2.24) is 14.9 Å². The Labute approximate surface area is 194 Å². The summed E-state index contributed by atoms with van der Waals surface area (Å²) in [5, 5.41) is 6.67. The van der Waals surface area contributed by atoms with Gasteiger partial charge in [-0.05, 0) is 30.5 Å². The predicted molar refractivity (Wildman–Crippen MR) is 119 cm³/mol. The van der Waals surface area contributed by atoms with E-state index in [4.69, 9.17) is 0 Å². The van der Waals surface area contributed by atoms with E-state index in [1.165, 1.54) is 25.3 Å². The summed E-state index contributed by atoms with van der Waals surface area (Å²) in [5.74, 6) is -1.87. The lowest BCUT2D eigenvalue weighted by atomic mass is 10.1. The van der Waals surface area contributed by atoms with Crippen LogP contribution in [-0.2, 0) is 24.3 Å². The molecule has 0 spiro atoms. The summed E-state index contributed by atoms with van der Waals surface area (Å²) >= 11 is 1.07. The van der Waals surface area contributed by atoms with Crippen molar-refractivity contribution in [3.8, 4) is 0 Å². The minimum Gasteiger partial charge on any atom is -0.465 e. The molecule has 1 aromatic carbocycles. The molecule has 1 atom stereocenters. The fraction of sp³-hybridized carbons (Fsp3) is 0.300. The molecule has 1 aromatic heterocycles. The Hall–Kier alpha value is -3.45. The molecule has 0 radical (unpaired) electrons. The summed E-state index contributed by atoms with van der Waals surface area (Å²) in [7, 11) is -2.97. The van der Waals surface area contributed by atoms with Crippen LogP contribution in [-0.4, -0.2) is 63.4 Å². The molecule has 1 saturated heterocycles. The molecule has 33 heavy (non-hydrogen) atoms. The maximum atomic E-state index is 12.8. The molecule has 1 aliphatic rings. The number of hydrogen-bond donors (Lipinski definition) is 3. The van der Waals surface area contributed by atoms with Gasteiger partial charge in [0.25, 0.3) is 10.0 Å². The van der Waals surface area contributed by atoms with Crippen LogP contribution < -0.4 is 15.4 Å². The molecular weight excluding hydrogens is 472 g/mol. The minimum atomic E-state index is -4.18. The summed E-state index contributed by atoms with van der Waals surface area (Å²) in [6, 6.07) is 5.15. The van der Waals surface area contributed by atoms with Gasteiger partial charge in [0.15, 0.2) is 0 Å². The Bertz CT molecular complexity index is 1180. The predicted octanol–water partition coefficient (Wildman–Crippen LogP) is 1.07. The SMILES string of the molecule is COC(=O)c1sccc1NC(=O)CC1C(=O)NCCN1C(=O)NS(=O)(=O)c1ccc(C)cc1. The molecule has 13 heteroatoms. The van der Waals surface area contributed by atoms with Crippen LogP contribution in [0.15, 0.2) is 40.6 Å². The summed E-state index contributed by atoms with van der Waals surface area (Å²) in [6.07, 6.45) is -0.444. The second-order valence-electron chi connectivity index (χ2n) is 7.13. The number of methoxy groups -OCH3 is 1. The highest BCUT2D eigenvalue weighted by Crippen LogP contribution is 2.24. The molecule has 4 amide bonds. The third kappa shape index (κ3) is 5.68. The van der Waals surface area contributed by atoms with Gasteiger partial charge in [0, 0.05) is 13.1 Å². The minimum absolute atomic E-state index is 0.00476. The fourth-order valence-electron chi connectivity index (χ4n) is 3.15. The molecular formula is C20H22N4O7S2. The van der Waals surface area contributed by atoms with Crippen molar-refractivity contribution in [2.24, 2.45) is 0 Å². The van der Waals surface area contributed by atoms with Gasteiger partial charge in [-0.1, -0.05) is 17.7 Å². The van der Waals surface area contributed by atoms with Gasteiger partial charge in [0.2, 0.25) is 11.8 Å². The standard InChI is InChI=1S/C20H22N4O7S2/c1-12-3-5-13(6-4-12)33(29,30)23-20(28)24-9-8-21-18(26)15(24)11-16(25)22-14-7-10-32-17(14)19(27)31-2/h3-7,10,15H,8-9,11H2,1-2H3,(H,21,26)(H,22,25)(H,23,28). The Morgan fingerprint density at radius 1 is 1.21 bits per heavy atom. The van der Waals surface area contributed by atoms with Gasteiger partial charge < -0.3 is 20.3 Å². The average molecular weight is 495 g/mol. The highest BCUT2D eigenvalue weighted by atomic mass is 32.2. The molecule has 3 rings (SSSR count). The highest BCUT2D eigenvalue weighted by Gasteiger charge is 2.36. The molecule has 1 fully saturated rings. The van der Waals surface area contributed by atoms with Crippen LogP contribution in [0.1, 0.15) is 21.7 Å². The lowest BCUT2D eigenvalue weighted by molar-refractivity contribution is -0.130. The zero-order chi connectivity index (χ0) is 24.2.